The first-order valence-electron chi connectivity index (χ1n) is 11.4. The Kier molecular flexibility index (Phi) is 9.50. The number of rotatable bonds is 6. The molecule has 5 nitrogen and oxygen atoms in total. The van der Waals surface area contributed by atoms with Crippen molar-refractivity contribution >= 4 is 47.4 Å². The van der Waals surface area contributed by atoms with Gasteiger partial charge in [0.15, 0.2) is 5.76 Å². The minimum atomic E-state index is -0.290. The number of anilines is 1. The lowest BCUT2D eigenvalue weighted by Gasteiger charge is -2.21. The van der Waals surface area contributed by atoms with Crippen molar-refractivity contribution in [2.24, 2.45) is 11.7 Å². The number of halogens is 2. The molecule has 4 rings (SSSR count). The second-order valence-corrected chi connectivity index (χ2v) is 9.05. The number of nitrogens with zero attached hydrogens (tertiary/aromatic N) is 1. The van der Waals surface area contributed by atoms with E-state index >= 15 is 0 Å². The van der Waals surface area contributed by atoms with E-state index in [4.69, 9.17) is 15.1 Å². The van der Waals surface area contributed by atoms with Crippen LogP contribution >= 0.6 is 24.8 Å². The van der Waals surface area contributed by atoms with E-state index in [1.807, 2.05) is 38.1 Å². The zero-order valence-corrected chi connectivity index (χ0v) is 22.4. The van der Waals surface area contributed by atoms with E-state index in [1.54, 1.807) is 0 Å². The molecule has 2 aromatic carbocycles. The lowest BCUT2D eigenvalue weighted by atomic mass is 9.92. The van der Waals surface area contributed by atoms with Crippen molar-refractivity contribution in [3.63, 3.8) is 0 Å². The number of hydrogen-bond acceptors (Lipinski definition) is 4. The van der Waals surface area contributed by atoms with Crippen LogP contribution in [0.1, 0.15) is 52.5 Å². The van der Waals surface area contributed by atoms with Crippen molar-refractivity contribution in [2.45, 2.75) is 47.6 Å². The molecule has 0 saturated heterocycles. The number of hydrogen-bond donors (Lipinski definition) is 2. The first-order chi connectivity index (χ1) is 15.8. The lowest BCUT2D eigenvalue weighted by molar-refractivity contribution is 0.0998. The number of aryl methyl sites for hydroxylation is 3. The second kappa shape index (κ2) is 11.7. The molecular formula is C28H33Cl2N3O2. The average Bonchev–Trinajstić information content (AvgIpc) is 3.12. The van der Waals surface area contributed by atoms with Gasteiger partial charge < -0.3 is 15.5 Å². The monoisotopic (exact) mass is 513 g/mol. The predicted octanol–water partition coefficient (Wildman–Crippen LogP) is 7.17. The molecule has 35 heavy (non-hydrogen) atoms. The van der Waals surface area contributed by atoms with Gasteiger partial charge in [-0.15, -0.1) is 24.8 Å². The minimum absolute atomic E-state index is 0. The highest BCUT2D eigenvalue weighted by Gasteiger charge is 2.23. The number of para-hydroxylation sites is 1. The Morgan fingerprint density at radius 1 is 1.03 bits per heavy atom. The highest BCUT2D eigenvalue weighted by molar-refractivity contribution is 6.08. The van der Waals surface area contributed by atoms with Gasteiger partial charge in [-0.05, 0) is 50.3 Å². The van der Waals surface area contributed by atoms with Crippen LogP contribution in [0.3, 0.4) is 0 Å². The third kappa shape index (κ3) is 5.69. The van der Waals surface area contributed by atoms with E-state index in [0.717, 1.165) is 45.4 Å². The third-order valence-electron chi connectivity index (χ3n) is 6.00. The summed E-state index contributed by atoms with van der Waals surface area (Å²) in [6, 6.07) is 16.0. The predicted molar refractivity (Wildman–Crippen MR) is 149 cm³/mol. The quantitative estimate of drug-likeness (QED) is 0.286. The normalized spacial score (nSPS) is 10.7. The third-order valence-corrected chi connectivity index (χ3v) is 6.00. The van der Waals surface area contributed by atoms with Crippen LogP contribution in [0.25, 0.3) is 22.1 Å². The van der Waals surface area contributed by atoms with Gasteiger partial charge >= 0.3 is 0 Å². The summed E-state index contributed by atoms with van der Waals surface area (Å²) in [5, 5.41) is 4.05. The highest BCUT2D eigenvalue weighted by Crippen LogP contribution is 2.37. The lowest BCUT2D eigenvalue weighted by Crippen LogP contribution is -2.18. The van der Waals surface area contributed by atoms with Crippen molar-refractivity contribution in [3.05, 3.63) is 82.4 Å². The number of pyridine rings is 1. The maximum atomic E-state index is 13.4. The van der Waals surface area contributed by atoms with Crippen molar-refractivity contribution in [2.75, 3.05) is 5.32 Å². The highest BCUT2D eigenvalue weighted by atomic mass is 35.5. The molecule has 0 aliphatic rings. The zero-order chi connectivity index (χ0) is 23.7. The summed E-state index contributed by atoms with van der Waals surface area (Å²) in [7, 11) is 0. The molecule has 186 valence electrons. The van der Waals surface area contributed by atoms with E-state index < -0.39 is 0 Å². The summed E-state index contributed by atoms with van der Waals surface area (Å²) in [6.45, 7) is 10.6. The number of amides is 1. The maximum absolute atomic E-state index is 13.4. The largest absolute Gasteiger partial charge is 0.451 e. The molecule has 0 radical (unpaired) electrons. The van der Waals surface area contributed by atoms with Crippen LogP contribution in [0, 0.1) is 26.7 Å². The van der Waals surface area contributed by atoms with E-state index in [0.29, 0.717) is 29.5 Å². The number of benzene rings is 2. The van der Waals surface area contributed by atoms with Crippen LogP contribution < -0.4 is 11.1 Å². The van der Waals surface area contributed by atoms with Gasteiger partial charge in [0.1, 0.15) is 5.58 Å². The van der Waals surface area contributed by atoms with Crippen LogP contribution in [0.2, 0.25) is 0 Å². The Labute approximate surface area is 219 Å². The zero-order valence-electron chi connectivity index (χ0n) is 20.8. The molecule has 0 atom stereocenters. The molecule has 0 aliphatic heterocycles. The Morgan fingerprint density at radius 2 is 1.69 bits per heavy atom. The number of nitrogens with two attached hydrogens (primary N) is 1. The van der Waals surface area contributed by atoms with Crippen LogP contribution in [0.4, 0.5) is 5.69 Å². The second-order valence-electron chi connectivity index (χ2n) is 9.05. The molecule has 3 N–H and O–H groups in total. The van der Waals surface area contributed by atoms with Gasteiger partial charge in [-0.1, -0.05) is 61.9 Å². The molecule has 4 aromatic rings. The first kappa shape index (κ1) is 28.4. The first-order valence-corrected chi connectivity index (χ1v) is 11.4. The van der Waals surface area contributed by atoms with Gasteiger partial charge in [-0.3, -0.25) is 9.78 Å². The molecule has 0 saturated carbocycles. The van der Waals surface area contributed by atoms with Crippen LogP contribution in [0.5, 0.6) is 0 Å². The molecule has 0 unspecified atom stereocenters. The number of carbonyl (C=O) groups is 1. The van der Waals surface area contributed by atoms with Crippen molar-refractivity contribution in [3.8, 4) is 11.1 Å². The van der Waals surface area contributed by atoms with E-state index in [1.165, 1.54) is 5.56 Å². The number of fused-ring (bicyclic) bond motifs is 1. The molecule has 2 aromatic heterocycles. The maximum Gasteiger partial charge on any atom is 0.291 e. The fourth-order valence-electron chi connectivity index (χ4n) is 4.33. The summed E-state index contributed by atoms with van der Waals surface area (Å²) in [6.07, 6.45) is 0.823. The van der Waals surface area contributed by atoms with Gasteiger partial charge in [0, 0.05) is 28.8 Å². The molecule has 2 heterocycles. The summed E-state index contributed by atoms with van der Waals surface area (Å²) < 4.78 is 5.91. The van der Waals surface area contributed by atoms with Gasteiger partial charge in [0.25, 0.3) is 5.91 Å². The number of furan rings is 1. The molecule has 1 amide bonds. The summed E-state index contributed by atoms with van der Waals surface area (Å²) in [4.78, 5) is 18.3. The Hall–Kier alpha value is -2.86. The smallest absolute Gasteiger partial charge is 0.291 e. The van der Waals surface area contributed by atoms with Gasteiger partial charge in [0.05, 0.1) is 11.4 Å². The summed E-state index contributed by atoms with van der Waals surface area (Å²) >= 11 is 0. The molecule has 0 aliphatic carbocycles. The van der Waals surface area contributed by atoms with Crippen molar-refractivity contribution in [1.82, 2.24) is 4.98 Å². The van der Waals surface area contributed by atoms with E-state index in [2.05, 4.69) is 50.4 Å². The average molecular weight is 514 g/mol. The molecule has 7 heteroatoms. The topological polar surface area (TPSA) is 81.1 Å². The molecule has 0 bridgehead atoms. The molecule has 0 fully saturated rings. The Morgan fingerprint density at radius 3 is 2.29 bits per heavy atom. The van der Waals surface area contributed by atoms with Crippen molar-refractivity contribution in [1.29, 1.82) is 0 Å². The fourth-order valence-corrected chi connectivity index (χ4v) is 4.33. The van der Waals surface area contributed by atoms with Gasteiger partial charge in [-0.25, -0.2) is 0 Å². The Balaban J connectivity index is 0.00000216. The summed E-state index contributed by atoms with van der Waals surface area (Å²) in [5.74, 6) is 0.458. The van der Waals surface area contributed by atoms with Gasteiger partial charge in [-0.2, -0.15) is 0 Å². The minimum Gasteiger partial charge on any atom is -0.451 e. The Bertz CT molecular complexity index is 1330. The summed E-state index contributed by atoms with van der Waals surface area (Å²) in [5.41, 5.74) is 14.3. The molecular weight excluding hydrogens is 481 g/mol. The van der Waals surface area contributed by atoms with Crippen LogP contribution in [-0.4, -0.2) is 10.9 Å². The van der Waals surface area contributed by atoms with Crippen LogP contribution in [-0.2, 0) is 13.0 Å². The standard InChI is InChI=1S/C28H31N3O2.2ClH/c1-16(2)14-23-22(15-29)25(20-12-10-17(3)11-13-20)26(19(5)30-23)31-28(32)27-18(4)21-8-6-7-9-24(21)33-27;;/h6-13,16H,14-15,29H2,1-5H3,(H,31,32);2*1H. The van der Waals surface area contributed by atoms with Gasteiger partial charge in [0.2, 0.25) is 0 Å². The van der Waals surface area contributed by atoms with E-state index in [9.17, 15) is 4.79 Å². The number of nitrogens with one attached hydrogen (secondary N) is 1. The van der Waals surface area contributed by atoms with Crippen LogP contribution in [0.15, 0.2) is 52.9 Å². The van der Waals surface area contributed by atoms with Crippen molar-refractivity contribution < 1.29 is 9.21 Å². The fraction of sp³-hybridized carbons (Fsp3) is 0.286. The molecule has 0 spiro atoms. The number of aromatic nitrogens is 1. The SMILES string of the molecule is Cc1ccc(-c2c(CN)c(CC(C)C)nc(C)c2NC(=O)c2oc3ccccc3c2C)cc1.Cl.Cl. The number of carbonyl (C=O) groups excluding carboxylic acids is 1. The van der Waals surface area contributed by atoms with E-state index in [-0.39, 0.29) is 30.7 Å².